The standard InChI is InChI=1S/C17H15NO3S/c1-12(21-13-7-3-2-4-8-13)17(19)20-11-16-18-14-9-5-6-10-15(14)22-16/h2-10,12H,11H2,1H3. The van der Waals surface area contributed by atoms with Gasteiger partial charge < -0.3 is 9.47 Å². The maximum absolute atomic E-state index is 12.0. The molecule has 5 heteroatoms. The van der Waals surface area contributed by atoms with Crippen molar-refractivity contribution >= 4 is 27.5 Å². The lowest BCUT2D eigenvalue weighted by molar-refractivity contribution is -0.152. The van der Waals surface area contributed by atoms with Gasteiger partial charge in [0.1, 0.15) is 17.4 Å². The zero-order chi connectivity index (χ0) is 15.4. The third-order valence-corrected chi connectivity index (χ3v) is 4.07. The highest BCUT2D eigenvalue weighted by atomic mass is 32.1. The fourth-order valence-electron chi connectivity index (χ4n) is 1.98. The fourth-order valence-corrected chi connectivity index (χ4v) is 2.86. The van der Waals surface area contributed by atoms with E-state index in [0.29, 0.717) is 5.75 Å². The summed E-state index contributed by atoms with van der Waals surface area (Å²) in [7, 11) is 0. The first-order valence-electron chi connectivity index (χ1n) is 6.95. The molecule has 1 aromatic heterocycles. The Morgan fingerprint density at radius 3 is 2.64 bits per heavy atom. The molecule has 0 N–H and O–H groups in total. The molecule has 0 spiro atoms. The first kappa shape index (κ1) is 14.5. The molecule has 0 aliphatic rings. The smallest absolute Gasteiger partial charge is 0.347 e. The summed E-state index contributed by atoms with van der Waals surface area (Å²) in [6.45, 7) is 1.84. The van der Waals surface area contributed by atoms with Gasteiger partial charge in [0.2, 0.25) is 0 Å². The normalized spacial score (nSPS) is 12.0. The fraction of sp³-hybridized carbons (Fsp3) is 0.176. The number of aromatic nitrogens is 1. The summed E-state index contributed by atoms with van der Waals surface area (Å²) in [5.74, 6) is 0.245. The van der Waals surface area contributed by atoms with E-state index in [9.17, 15) is 4.79 Å². The second-order valence-electron chi connectivity index (χ2n) is 4.76. The summed E-state index contributed by atoms with van der Waals surface area (Å²) >= 11 is 1.53. The van der Waals surface area contributed by atoms with E-state index in [-0.39, 0.29) is 6.61 Å². The lowest BCUT2D eigenvalue weighted by atomic mass is 10.3. The summed E-state index contributed by atoms with van der Waals surface area (Å²) < 4.78 is 11.9. The second kappa shape index (κ2) is 6.58. The summed E-state index contributed by atoms with van der Waals surface area (Å²) in [5.41, 5.74) is 0.923. The van der Waals surface area contributed by atoms with E-state index in [2.05, 4.69) is 4.98 Å². The van der Waals surface area contributed by atoms with Crippen LogP contribution in [0, 0.1) is 0 Å². The van der Waals surface area contributed by atoms with E-state index in [0.717, 1.165) is 15.2 Å². The minimum atomic E-state index is -0.656. The van der Waals surface area contributed by atoms with Crippen molar-refractivity contribution in [3.8, 4) is 5.75 Å². The summed E-state index contributed by atoms with van der Waals surface area (Å²) in [4.78, 5) is 16.4. The number of fused-ring (bicyclic) bond motifs is 1. The van der Waals surface area contributed by atoms with Gasteiger partial charge in [0.05, 0.1) is 10.2 Å². The average Bonchev–Trinajstić information content (AvgIpc) is 2.96. The van der Waals surface area contributed by atoms with Crippen molar-refractivity contribution in [1.29, 1.82) is 0 Å². The second-order valence-corrected chi connectivity index (χ2v) is 5.87. The number of hydrogen-bond donors (Lipinski definition) is 0. The van der Waals surface area contributed by atoms with Crippen LogP contribution in [0.15, 0.2) is 54.6 Å². The molecule has 1 heterocycles. The van der Waals surface area contributed by atoms with Crippen molar-refractivity contribution in [3.63, 3.8) is 0 Å². The van der Waals surface area contributed by atoms with Crippen LogP contribution in [-0.2, 0) is 16.1 Å². The molecule has 0 amide bonds. The highest BCUT2D eigenvalue weighted by Crippen LogP contribution is 2.22. The lowest BCUT2D eigenvalue weighted by Gasteiger charge is -2.13. The van der Waals surface area contributed by atoms with Crippen LogP contribution in [-0.4, -0.2) is 17.1 Å². The Hall–Kier alpha value is -2.40. The molecule has 3 aromatic rings. The van der Waals surface area contributed by atoms with E-state index < -0.39 is 12.1 Å². The predicted molar refractivity (Wildman–Crippen MR) is 85.9 cm³/mol. The Kier molecular flexibility index (Phi) is 4.34. The Balaban J connectivity index is 1.57. The lowest BCUT2D eigenvalue weighted by Crippen LogP contribution is -2.25. The molecule has 0 saturated heterocycles. The molecule has 0 aliphatic heterocycles. The molecule has 1 unspecified atom stereocenters. The summed E-state index contributed by atoms with van der Waals surface area (Å²) in [6.07, 6.45) is -0.656. The molecule has 2 aromatic carbocycles. The molecule has 0 fully saturated rings. The van der Waals surface area contributed by atoms with E-state index >= 15 is 0 Å². The Bertz CT molecular complexity index is 737. The largest absolute Gasteiger partial charge is 0.479 e. The molecule has 4 nitrogen and oxygen atoms in total. The Morgan fingerprint density at radius 2 is 1.86 bits per heavy atom. The van der Waals surface area contributed by atoms with Crippen molar-refractivity contribution in [1.82, 2.24) is 4.98 Å². The molecule has 0 saturated carbocycles. The van der Waals surface area contributed by atoms with Crippen LogP contribution >= 0.6 is 11.3 Å². The topological polar surface area (TPSA) is 48.4 Å². The van der Waals surface area contributed by atoms with E-state index in [1.165, 1.54) is 11.3 Å². The zero-order valence-electron chi connectivity index (χ0n) is 12.1. The molecule has 0 aliphatic carbocycles. The van der Waals surface area contributed by atoms with Crippen LogP contribution in [0.3, 0.4) is 0 Å². The van der Waals surface area contributed by atoms with Gasteiger partial charge in [0, 0.05) is 0 Å². The molecule has 3 rings (SSSR count). The molecular formula is C17H15NO3S. The first-order valence-corrected chi connectivity index (χ1v) is 7.77. The van der Waals surface area contributed by atoms with Gasteiger partial charge in [-0.25, -0.2) is 9.78 Å². The van der Waals surface area contributed by atoms with Crippen molar-refractivity contribution in [2.45, 2.75) is 19.6 Å². The van der Waals surface area contributed by atoms with Crippen LogP contribution < -0.4 is 4.74 Å². The van der Waals surface area contributed by atoms with E-state index in [4.69, 9.17) is 9.47 Å². The van der Waals surface area contributed by atoms with Crippen LogP contribution in [0.4, 0.5) is 0 Å². The van der Waals surface area contributed by atoms with Crippen molar-refractivity contribution in [2.75, 3.05) is 0 Å². The summed E-state index contributed by atoms with van der Waals surface area (Å²) in [6, 6.07) is 17.1. The minimum absolute atomic E-state index is 0.167. The van der Waals surface area contributed by atoms with Crippen molar-refractivity contribution in [3.05, 3.63) is 59.6 Å². The van der Waals surface area contributed by atoms with Crippen molar-refractivity contribution < 1.29 is 14.3 Å². The quantitative estimate of drug-likeness (QED) is 0.672. The highest BCUT2D eigenvalue weighted by Gasteiger charge is 2.17. The maximum Gasteiger partial charge on any atom is 0.347 e. The van der Waals surface area contributed by atoms with Crippen LogP contribution in [0.25, 0.3) is 10.2 Å². The number of benzene rings is 2. The van der Waals surface area contributed by atoms with Gasteiger partial charge in [-0.1, -0.05) is 30.3 Å². The number of thiazole rings is 1. The van der Waals surface area contributed by atoms with Crippen LogP contribution in [0.5, 0.6) is 5.75 Å². The van der Waals surface area contributed by atoms with Gasteiger partial charge in [-0.15, -0.1) is 11.3 Å². The van der Waals surface area contributed by atoms with Gasteiger partial charge in [-0.2, -0.15) is 0 Å². The van der Waals surface area contributed by atoms with Gasteiger partial charge >= 0.3 is 5.97 Å². The van der Waals surface area contributed by atoms with E-state index in [1.807, 2.05) is 42.5 Å². The molecule has 0 bridgehead atoms. The molecule has 1 atom stereocenters. The molecular weight excluding hydrogens is 298 g/mol. The predicted octanol–water partition coefficient (Wildman–Crippen LogP) is 3.81. The third kappa shape index (κ3) is 3.43. The number of carbonyl (C=O) groups excluding carboxylic acids is 1. The number of para-hydroxylation sites is 2. The Morgan fingerprint density at radius 1 is 1.14 bits per heavy atom. The Labute approximate surface area is 132 Å². The average molecular weight is 313 g/mol. The van der Waals surface area contributed by atoms with E-state index in [1.54, 1.807) is 19.1 Å². The van der Waals surface area contributed by atoms with Crippen molar-refractivity contribution in [2.24, 2.45) is 0 Å². The minimum Gasteiger partial charge on any atom is -0.479 e. The number of esters is 1. The SMILES string of the molecule is CC(Oc1ccccc1)C(=O)OCc1nc2ccccc2s1. The molecule has 0 radical (unpaired) electrons. The van der Waals surface area contributed by atoms with Gasteiger partial charge in [-0.05, 0) is 31.2 Å². The maximum atomic E-state index is 12.0. The van der Waals surface area contributed by atoms with Gasteiger partial charge in [-0.3, -0.25) is 0 Å². The monoisotopic (exact) mass is 313 g/mol. The summed E-state index contributed by atoms with van der Waals surface area (Å²) in [5, 5.41) is 0.779. The number of carbonyl (C=O) groups is 1. The third-order valence-electron chi connectivity index (χ3n) is 3.06. The van der Waals surface area contributed by atoms with Crippen LogP contribution in [0.2, 0.25) is 0 Å². The highest BCUT2D eigenvalue weighted by molar-refractivity contribution is 7.18. The zero-order valence-corrected chi connectivity index (χ0v) is 12.9. The van der Waals surface area contributed by atoms with Gasteiger partial charge in [0.15, 0.2) is 6.10 Å². The van der Waals surface area contributed by atoms with Crippen LogP contribution in [0.1, 0.15) is 11.9 Å². The first-order chi connectivity index (χ1) is 10.7. The van der Waals surface area contributed by atoms with Gasteiger partial charge in [0.25, 0.3) is 0 Å². The molecule has 112 valence electrons. The number of hydrogen-bond acceptors (Lipinski definition) is 5. The number of nitrogens with zero attached hydrogens (tertiary/aromatic N) is 1. The number of ether oxygens (including phenoxy) is 2. The molecule has 22 heavy (non-hydrogen) atoms. The number of rotatable bonds is 5.